The first-order valence-corrected chi connectivity index (χ1v) is 6.76. The molecule has 0 aromatic heterocycles. The summed E-state index contributed by atoms with van der Waals surface area (Å²) in [6.45, 7) is 0.314. The maximum absolute atomic E-state index is 13.9. The lowest BCUT2D eigenvalue weighted by atomic mass is 9.93. The molecule has 1 aliphatic rings. The highest BCUT2D eigenvalue weighted by Crippen LogP contribution is 2.62. The van der Waals surface area contributed by atoms with Crippen LogP contribution in [0.15, 0.2) is 0 Å². The molecule has 2 atom stereocenters. The summed E-state index contributed by atoms with van der Waals surface area (Å²) in [5, 5.41) is 0. The van der Waals surface area contributed by atoms with Crippen LogP contribution in [0.1, 0.15) is 20.3 Å². The molecule has 0 N–H and O–H groups in total. The third-order valence-corrected chi connectivity index (χ3v) is 3.41. The zero-order valence-electron chi connectivity index (χ0n) is 12.5. The molecular formula is C12H15F9O3. The van der Waals surface area contributed by atoms with Gasteiger partial charge in [-0.25, -0.2) is 4.39 Å². The van der Waals surface area contributed by atoms with Crippen molar-refractivity contribution in [1.82, 2.24) is 0 Å². The van der Waals surface area contributed by atoms with Crippen molar-refractivity contribution in [2.75, 3.05) is 19.8 Å². The van der Waals surface area contributed by atoms with Crippen LogP contribution < -0.4 is 0 Å². The van der Waals surface area contributed by atoms with Gasteiger partial charge in [0.05, 0.1) is 19.3 Å². The summed E-state index contributed by atoms with van der Waals surface area (Å²) in [4.78, 5) is 0. The summed E-state index contributed by atoms with van der Waals surface area (Å²) in [5.41, 5.74) is 0. The van der Waals surface area contributed by atoms with E-state index in [2.05, 4.69) is 9.47 Å². The minimum Gasteiger partial charge on any atom is -0.376 e. The quantitative estimate of drug-likeness (QED) is 0.495. The zero-order chi connectivity index (χ0) is 19.0. The van der Waals surface area contributed by atoms with E-state index in [-0.39, 0.29) is 12.7 Å². The molecule has 3 nitrogen and oxygen atoms in total. The third kappa shape index (κ3) is 3.19. The van der Waals surface area contributed by atoms with E-state index in [4.69, 9.17) is 4.74 Å². The van der Waals surface area contributed by atoms with Crippen LogP contribution in [-0.2, 0) is 14.2 Å². The average molecular weight is 378 g/mol. The van der Waals surface area contributed by atoms with E-state index in [9.17, 15) is 39.5 Å². The number of hydrogen-bond acceptors (Lipinski definition) is 3. The third-order valence-electron chi connectivity index (χ3n) is 3.41. The molecule has 0 saturated carbocycles. The maximum atomic E-state index is 13.9. The molecular weight excluding hydrogens is 363 g/mol. The molecule has 0 aromatic carbocycles. The fraction of sp³-hybridized carbons (Fsp3) is 1.00. The highest BCUT2D eigenvalue weighted by atomic mass is 19.4. The summed E-state index contributed by atoms with van der Waals surface area (Å²) in [5.74, 6) is -24.7. The standard InChI is InChI=1S/C12H15F9O3/c1-3-7(2)23-5-4-22-6-8(13)9(14,15)10(16,17)11(18,19)12(20,21)24-8/h7H,3-6H2,1-2H3. The van der Waals surface area contributed by atoms with E-state index in [1.807, 2.05) is 0 Å². The van der Waals surface area contributed by atoms with E-state index in [1.54, 1.807) is 13.8 Å². The van der Waals surface area contributed by atoms with Crippen LogP contribution in [0.25, 0.3) is 0 Å². The van der Waals surface area contributed by atoms with Gasteiger partial charge in [-0.3, -0.25) is 4.74 Å². The number of ether oxygens (including phenoxy) is 3. The molecule has 1 rings (SSSR count). The highest BCUT2D eigenvalue weighted by Gasteiger charge is 2.92. The first-order valence-electron chi connectivity index (χ1n) is 6.76. The van der Waals surface area contributed by atoms with Gasteiger partial charge in [0.1, 0.15) is 6.61 Å². The fourth-order valence-corrected chi connectivity index (χ4v) is 1.70. The van der Waals surface area contributed by atoms with Gasteiger partial charge in [-0.15, -0.1) is 0 Å². The van der Waals surface area contributed by atoms with Crippen molar-refractivity contribution in [3.05, 3.63) is 0 Å². The molecule has 0 aromatic rings. The number of alkyl halides is 9. The Morgan fingerprint density at radius 3 is 1.88 bits per heavy atom. The van der Waals surface area contributed by atoms with Crippen LogP contribution in [-0.4, -0.2) is 55.7 Å². The second-order valence-corrected chi connectivity index (χ2v) is 5.21. The van der Waals surface area contributed by atoms with Crippen LogP contribution in [0.4, 0.5) is 39.5 Å². The minimum atomic E-state index is -6.70. The summed E-state index contributed by atoms with van der Waals surface area (Å²) in [6.07, 6.45) is -5.89. The molecule has 1 saturated heterocycles. The predicted molar refractivity (Wildman–Crippen MR) is 61.2 cm³/mol. The van der Waals surface area contributed by atoms with Crippen molar-refractivity contribution in [3.8, 4) is 0 Å². The first kappa shape index (κ1) is 21.3. The van der Waals surface area contributed by atoms with Gasteiger partial charge in [0, 0.05) is 0 Å². The first-order chi connectivity index (χ1) is 10.7. The second-order valence-electron chi connectivity index (χ2n) is 5.21. The predicted octanol–water partition coefficient (Wildman–Crippen LogP) is 4.01. The molecule has 0 radical (unpaired) electrons. The van der Waals surface area contributed by atoms with Gasteiger partial charge in [-0.05, 0) is 13.3 Å². The van der Waals surface area contributed by atoms with E-state index >= 15 is 0 Å². The van der Waals surface area contributed by atoms with Gasteiger partial charge in [0.2, 0.25) is 0 Å². The normalized spacial score (nSPS) is 31.6. The summed E-state index contributed by atoms with van der Waals surface area (Å²) < 4.78 is 130. The topological polar surface area (TPSA) is 27.7 Å². The van der Waals surface area contributed by atoms with E-state index in [0.717, 1.165) is 0 Å². The Bertz CT molecular complexity index is 443. The van der Waals surface area contributed by atoms with Crippen molar-refractivity contribution < 1.29 is 53.7 Å². The van der Waals surface area contributed by atoms with Gasteiger partial charge in [-0.2, -0.15) is 35.1 Å². The van der Waals surface area contributed by atoms with Crippen LogP contribution in [0.2, 0.25) is 0 Å². The molecule has 1 aliphatic heterocycles. The van der Waals surface area contributed by atoms with Gasteiger partial charge in [0.25, 0.3) is 0 Å². The lowest BCUT2D eigenvalue weighted by Crippen LogP contribution is -2.77. The molecule has 24 heavy (non-hydrogen) atoms. The Labute approximate surface area is 131 Å². The van der Waals surface area contributed by atoms with Gasteiger partial charge in [-0.1, -0.05) is 6.92 Å². The number of halogens is 9. The van der Waals surface area contributed by atoms with E-state index in [0.29, 0.717) is 6.42 Å². The van der Waals surface area contributed by atoms with Crippen molar-refractivity contribution in [1.29, 1.82) is 0 Å². The van der Waals surface area contributed by atoms with Crippen LogP contribution in [0.5, 0.6) is 0 Å². The lowest BCUT2D eigenvalue weighted by Gasteiger charge is -2.47. The highest BCUT2D eigenvalue weighted by molar-refractivity contribution is 5.11. The van der Waals surface area contributed by atoms with Crippen molar-refractivity contribution in [2.24, 2.45) is 0 Å². The molecule has 0 spiro atoms. The molecule has 0 amide bonds. The Kier molecular flexibility index (Phi) is 5.79. The largest absolute Gasteiger partial charge is 0.428 e. The minimum absolute atomic E-state index is 0.285. The summed E-state index contributed by atoms with van der Waals surface area (Å²) >= 11 is 0. The van der Waals surface area contributed by atoms with E-state index in [1.165, 1.54) is 0 Å². The van der Waals surface area contributed by atoms with E-state index < -0.39 is 42.9 Å². The van der Waals surface area contributed by atoms with Crippen molar-refractivity contribution in [3.63, 3.8) is 0 Å². The van der Waals surface area contributed by atoms with Crippen LogP contribution >= 0.6 is 0 Å². The monoisotopic (exact) mass is 378 g/mol. The Balaban J connectivity index is 2.85. The molecule has 12 heteroatoms. The number of rotatable bonds is 7. The fourth-order valence-electron chi connectivity index (χ4n) is 1.70. The van der Waals surface area contributed by atoms with Crippen LogP contribution in [0, 0.1) is 0 Å². The summed E-state index contributed by atoms with van der Waals surface area (Å²) in [7, 11) is 0. The smallest absolute Gasteiger partial charge is 0.376 e. The van der Waals surface area contributed by atoms with Gasteiger partial charge in [0.15, 0.2) is 0 Å². The number of hydrogen-bond donors (Lipinski definition) is 0. The summed E-state index contributed by atoms with van der Waals surface area (Å²) in [6, 6.07) is 0. The molecule has 2 unspecified atom stereocenters. The van der Waals surface area contributed by atoms with Crippen molar-refractivity contribution >= 4 is 0 Å². The second kappa shape index (κ2) is 6.52. The SMILES string of the molecule is CCC(C)OCCOCC1(F)OC(F)(F)C(F)(F)C(F)(F)C1(F)F. The lowest BCUT2D eigenvalue weighted by molar-refractivity contribution is -0.538. The van der Waals surface area contributed by atoms with Crippen molar-refractivity contribution in [2.45, 2.75) is 56.1 Å². The van der Waals surface area contributed by atoms with Gasteiger partial charge < -0.3 is 9.47 Å². The zero-order valence-corrected chi connectivity index (χ0v) is 12.5. The Hall–Kier alpha value is -0.750. The maximum Gasteiger partial charge on any atom is 0.428 e. The molecule has 144 valence electrons. The molecule has 0 bridgehead atoms. The molecule has 0 aliphatic carbocycles. The van der Waals surface area contributed by atoms with Crippen LogP contribution in [0.3, 0.4) is 0 Å². The Morgan fingerprint density at radius 2 is 1.38 bits per heavy atom. The molecule has 1 heterocycles. The Morgan fingerprint density at radius 1 is 0.833 bits per heavy atom. The van der Waals surface area contributed by atoms with Gasteiger partial charge >= 0.3 is 29.7 Å². The molecule has 1 fully saturated rings. The average Bonchev–Trinajstić information content (AvgIpc) is 2.44.